The molecule has 0 aliphatic carbocycles. The Kier molecular flexibility index (Phi) is 5.78. The van der Waals surface area contributed by atoms with Gasteiger partial charge in [-0.05, 0) is 75.1 Å². The second-order valence-corrected chi connectivity index (χ2v) is 7.53. The Morgan fingerprint density at radius 2 is 1.79 bits per heavy atom. The number of aryl methyl sites for hydroxylation is 4. The Bertz CT molecular complexity index is 1150. The molecule has 5 nitrogen and oxygen atoms in total. The molecule has 1 unspecified atom stereocenters. The zero-order valence-electron chi connectivity index (χ0n) is 17.9. The summed E-state index contributed by atoms with van der Waals surface area (Å²) in [5, 5.41) is 3.48. The van der Waals surface area contributed by atoms with E-state index in [1.807, 2.05) is 37.5 Å². The lowest BCUT2D eigenvalue weighted by Crippen LogP contribution is -2.32. The molecule has 0 saturated heterocycles. The van der Waals surface area contributed by atoms with Crippen LogP contribution in [-0.2, 0) is 6.54 Å². The number of hydrogen-bond acceptors (Lipinski definition) is 3. The van der Waals surface area contributed by atoms with Crippen molar-refractivity contribution in [2.24, 2.45) is 0 Å². The van der Waals surface area contributed by atoms with Crippen LogP contribution in [0.25, 0.3) is 10.9 Å². The molecule has 0 aliphatic rings. The first-order valence-electron chi connectivity index (χ1n) is 9.86. The molecule has 0 bridgehead atoms. The summed E-state index contributed by atoms with van der Waals surface area (Å²) >= 11 is 0. The number of methoxy groups -OCH3 is 1. The zero-order valence-corrected chi connectivity index (χ0v) is 17.9. The van der Waals surface area contributed by atoms with E-state index >= 15 is 0 Å². The molecule has 29 heavy (non-hydrogen) atoms. The van der Waals surface area contributed by atoms with E-state index in [9.17, 15) is 9.59 Å². The van der Waals surface area contributed by atoms with E-state index in [-0.39, 0.29) is 22.9 Å². The van der Waals surface area contributed by atoms with Crippen LogP contribution in [0.3, 0.4) is 0 Å². The van der Waals surface area contributed by atoms with Gasteiger partial charge in [0.1, 0.15) is 11.3 Å². The van der Waals surface area contributed by atoms with Crippen molar-refractivity contribution < 1.29 is 9.53 Å². The Hall–Kier alpha value is -3.08. The van der Waals surface area contributed by atoms with E-state index in [1.165, 1.54) is 11.1 Å². The summed E-state index contributed by atoms with van der Waals surface area (Å²) in [6.45, 7) is 10.7. The molecule has 1 heterocycles. The van der Waals surface area contributed by atoms with Gasteiger partial charge in [-0.2, -0.15) is 0 Å². The van der Waals surface area contributed by atoms with Gasteiger partial charge in [-0.15, -0.1) is 0 Å². The minimum Gasteiger partial charge on any atom is -0.497 e. The van der Waals surface area contributed by atoms with Crippen LogP contribution >= 0.6 is 0 Å². The summed E-state index contributed by atoms with van der Waals surface area (Å²) in [7, 11) is 1.56. The number of ether oxygens (including phenoxy) is 1. The standard InChI is InChI=1S/C24H28N2O3/c1-7-26-13-21(23(27)20-12-18(29-6)8-9-22(20)26)24(28)25-17(5)19-11-15(3)14(2)10-16(19)4/h8-13,17H,7H2,1-6H3,(H,25,28). The van der Waals surface area contributed by atoms with E-state index in [4.69, 9.17) is 4.74 Å². The summed E-state index contributed by atoms with van der Waals surface area (Å²) in [6, 6.07) is 9.37. The Labute approximate surface area is 171 Å². The quantitative estimate of drug-likeness (QED) is 0.698. The average molecular weight is 392 g/mol. The summed E-state index contributed by atoms with van der Waals surface area (Å²) < 4.78 is 7.17. The molecule has 3 aromatic rings. The summed E-state index contributed by atoms with van der Waals surface area (Å²) in [5.41, 5.74) is 5.21. The van der Waals surface area contributed by atoms with Crippen molar-refractivity contribution in [2.45, 2.75) is 47.2 Å². The predicted molar refractivity (Wildman–Crippen MR) is 117 cm³/mol. The fourth-order valence-corrected chi connectivity index (χ4v) is 3.73. The molecule has 152 valence electrons. The van der Waals surface area contributed by atoms with Crippen molar-refractivity contribution in [2.75, 3.05) is 7.11 Å². The Morgan fingerprint density at radius 3 is 2.45 bits per heavy atom. The van der Waals surface area contributed by atoms with Crippen LogP contribution in [0.15, 0.2) is 41.3 Å². The number of rotatable bonds is 5. The molecule has 1 atom stereocenters. The number of hydrogen-bond donors (Lipinski definition) is 1. The number of fused-ring (bicyclic) bond motifs is 1. The highest BCUT2D eigenvalue weighted by molar-refractivity contribution is 5.97. The van der Waals surface area contributed by atoms with E-state index in [2.05, 4.69) is 31.3 Å². The minimum absolute atomic E-state index is 0.140. The highest BCUT2D eigenvalue weighted by Crippen LogP contribution is 2.23. The lowest BCUT2D eigenvalue weighted by Gasteiger charge is -2.19. The molecular formula is C24H28N2O3. The number of aromatic nitrogens is 1. The van der Waals surface area contributed by atoms with E-state index < -0.39 is 0 Å². The van der Waals surface area contributed by atoms with Crippen molar-refractivity contribution >= 4 is 16.8 Å². The monoisotopic (exact) mass is 392 g/mol. The lowest BCUT2D eigenvalue weighted by atomic mass is 9.96. The summed E-state index contributed by atoms with van der Waals surface area (Å²) in [5.74, 6) is 0.223. The fraction of sp³-hybridized carbons (Fsp3) is 0.333. The second kappa shape index (κ2) is 8.11. The van der Waals surface area contributed by atoms with Gasteiger partial charge in [0.05, 0.1) is 24.1 Å². The maximum Gasteiger partial charge on any atom is 0.257 e. The molecule has 0 spiro atoms. The minimum atomic E-state index is -0.368. The third kappa shape index (κ3) is 3.90. The number of nitrogens with one attached hydrogen (secondary N) is 1. The number of carbonyl (C=O) groups is 1. The third-order valence-corrected chi connectivity index (χ3v) is 5.57. The lowest BCUT2D eigenvalue weighted by molar-refractivity contribution is 0.0938. The molecular weight excluding hydrogens is 364 g/mol. The number of amides is 1. The van der Waals surface area contributed by atoms with Crippen molar-refractivity contribution in [3.63, 3.8) is 0 Å². The Morgan fingerprint density at radius 1 is 1.10 bits per heavy atom. The normalized spacial score (nSPS) is 12.1. The molecule has 5 heteroatoms. The van der Waals surface area contributed by atoms with Gasteiger partial charge in [0, 0.05) is 12.7 Å². The summed E-state index contributed by atoms with van der Waals surface area (Å²) in [4.78, 5) is 26.1. The smallest absolute Gasteiger partial charge is 0.257 e. The first-order valence-corrected chi connectivity index (χ1v) is 9.86. The molecule has 1 amide bonds. The molecule has 0 radical (unpaired) electrons. The maximum atomic E-state index is 13.1. The molecule has 3 rings (SSSR count). The molecule has 0 aliphatic heterocycles. The van der Waals surface area contributed by atoms with E-state index in [1.54, 1.807) is 19.4 Å². The first-order chi connectivity index (χ1) is 13.8. The summed E-state index contributed by atoms with van der Waals surface area (Å²) in [6.07, 6.45) is 1.65. The molecule has 1 N–H and O–H groups in total. The Balaban J connectivity index is 2.02. The van der Waals surface area contributed by atoms with Crippen LogP contribution in [0, 0.1) is 20.8 Å². The molecule has 0 saturated carbocycles. The highest BCUT2D eigenvalue weighted by atomic mass is 16.5. The van der Waals surface area contributed by atoms with Gasteiger partial charge >= 0.3 is 0 Å². The van der Waals surface area contributed by atoms with Gasteiger partial charge in [0.25, 0.3) is 5.91 Å². The molecule has 2 aromatic carbocycles. The van der Waals surface area contributed by atoms with Gasteiger partial charge in [-0.25, -0.2) is 0 Å². The highest BCUT2D eigenvalue weighted by Gasteiger charge is 2.19. The number of pyridine rings is 1. The maximum absolute atomic E-state index is 13.1. The van der Waals surface area contributed by atoms with Crippen LogP contribution < -0.4 is 15.5 Å². The third-order valence-electron chi connectivity index (χ3n) is 5.57. The van der Waals surface area contributed by atoms with Crippen LogP contribution in [-0.4, -0.2) is 17.6 Å². The van der Waals surface area contributed by atoms with E-state index in [0.717, 1.165) is 16.6 Å². The SMILES string of the molecule is CCn1cc(C(=O)NC(C)c2cc(C)c(C)cc2C)c(=O)c2cc(OC)ccc21. The van der Waals surface area contributed by atoms with Crippen LogP contribution in [0.2, 0.25) is 0 Å². The first kappa shape index (κ1) is 20.6. The molecule has 1 aromatic heterocycles. The fourth-order valence-electron chi connectivity index (χ4n) is 3.73. The second-order valence-electron chi connectivity index (χ2n) is 7.53. The van der Waals surface area contributed by atoms with Gasteiger partial charge < -0.3 is 14.6 Å². The largest absolute Gasteiger partial charge is 0.497 e. The van der Waals surface area contributed by atoms with Crippen LogP contribution in [0.1, 0.15) is 52.5 Å². The van der Waals surface area contributed by atoms with Crippen molar-refractivity contribution in [1.29, 1.82) is 0 Å². The van der Waals surface area contributed by atoms with Crippen molar-refractivity contribution in [3.05, 3.63) is 74.6 Å². The van der Waals surface area contributed by atoms with Gasteiger partial charge in [0.2, 0.25) is 5.43 Å². The van der Waals surface area contributed by atoms with Gasteiger partial charge in [-0.1, -0.05) is 12.1 Å². The topological polar surface area (TPSA) is 60.3 Å². The van der Waals surface area contributed by atoms with Crippen LogP contribution in [0.4, 0.5) is 0 Å². The number of benzene rings is 2. The number of carbonyl (C=O) groups excluding carboxylic acids is 1. The van der Waals surface area contributed by atoms with Crippen molar-refractivity contribution in [3.8, 4) is 5.75 Å². The number of nitrogens with zero attached hydrogens (tertiary/aromatic N) is 1. The van der Waals surface area contributed by atoms with Gasteiger partial charge in [-0.3, -0.25) is 9.59 Å². The predicted octanol–water partition coefficient (Wildman–Crippen LogP) is 4.45. The average Bonchev–Trinajstić information content (AvgIpc) is 2.70. The molecule has 0 fully saturated rings. The van der Waals surface area contributed by atoms with Gasteiger partial charge in [0.15, 0.2) is 0 Å². The van der Waals surface area contributed by atoms with Crippen molar-refractivity contribution in [1.82, 2.24) is 9.88 Å². The zero-order chi connectivity index (χ0) is 21.3. The van der Waals surface area contributed by atoms with Crippen LogP contribution in [0.5, 0.6) is 5.75 Å². The van der Waals surface area contributed by atoms with E-state index in [0.29, 0.717) is 17.7 Å².